The average Bonchev–Trinajstić information content (AvgIpc) is 3.19. The van der Waals surface area contributed by atoms with Gasteiger partial charge in [0, 0.05) is 51.0 Å². The summed E-state index contributed by atoms with van der Waals surface area (Å²) in [7, 11) is 1.92. The predicted octanol–water partition coefficient (Wildman–Crippen LogP) is 2.38. The van der Waals surface area contributed by atoms with E-state index in [1.807, 2.05) is 36.7 Å². The fourth-order valence-corrected chi connectivity index (χ4v) is 3.70. The summed E-state index contributed by atoms with van der Waals surface area (Å²) in [6.45, 7) is 8.39. The van der Waals surface area contributed by atoms with E-state index in [-0.39, 0.29) is 12.1 Å². The van der Waals surface area contributed by atoms with Crippen molar-refractivity contribution in [3.63, 3.8) is 0 Å². The zero-order valence-corrected chi connectivity index (χ0v) is 15.3. The number of rotatable bonds is 4. The van der Waals surface area contributed by atoms with Crippen LogP contribution in [0.3, 0.4) is 0 Å². The lowest BCUT2D eigenvalue weighted by Crippen LogP contribution is -2.51. The molecule has 1 saturated heterocycles. The maximum Gasteiger partial charge on any atom is 0.317 e. The molecule has 0 aliphatic carbocycles. The highest BCUT2D eigenvalue weighted by Gasteiger charge is 2.23. The second-order valence-corrected chi connectivity index (χ2v) is 7.15. The third-order valence-electron chi connectivity index (χ3n) is 4.73. The summed E-state index contributed by atoms with van der Waals surface area (Å²) in [5.41, 5.74) is 3.52. The van der Waals surface area contributed by atoms with Gasteiger partial charge in [-0.15, -0.1) is 0 Å². The number of hydrogen-bond acceptors (Lipinski definition) is 4. The van der Waals surface area contributed by atoms with Gasteiger partial charge in [0.1, 0.15) is 0 Å². The number of nitrogens with zero attached hydrogens (tertiary/aromatic N) is 4. The first-order valence-corrected chi connectivity index (χ1v) is 9.26. The number of carbonyl (C=O) groups is 1. The molecule has 1 aliphatic rings. The van der Waals surface area contributed by atoms with Crippen LogP contribution in [0.2, 0.25) is 0 Å². The van der Waals surface area contributed by atoms with Crippen molar-refractivity contribution in [2.45, 2.75) is 26.4 Å². The highest BCUT2D eigenvalue weighted by molar-refractivity contribution is 7.07. The Hall–Kier alpha value is -1.86. The lowest BCUT2D eigenvalue weighted by atomic mass is 10.1. The Balaban J connectivity index is 1.49. The molecule has 130 valence electrons. The number of piperazine rings is 1. The van der Waals surface area contributed by atoms with Crippen molar-refractivity contribution >= 4 is 17.4 Å². The van der Waals surface area contributed by atoms with Crippen molar-refractivity contribution in [1.29, 1.82) is 0 Å². The van der Waals surface area contributed by atoms with Crippen LogP contribution in [0.4, 0.5) is 4.79 Å². The molecular formula is C17H25N5OS. The van der Waals surface area contributed by atoms with Crippen molar-refractivity contribution in [2.24, 2.45) is 7.05 Å². The number of hydrogen-bond donors (Lipinski definition) is 1. The largest absolute Gasteiger partial charge is 0.331 e. The van der Waals surface area contributed by atoms with E-state index < -0.39 is 0 Å². The molecular weight excluding hydrogens is 322 g/mol. The summed E-state index contributed by atoms with van der Waals surface area (Å²) >= 11 is 1.73. The van der Waals surface area contributed by atoms with Crippen LogP contribution in [-0.4, -0.2) is 51.8 Å². The van der Waals surface area contributed by atoms with Crippen LogP contribution in [0, 0.1) is 6.92 Å². The molecule has 2 aromatic heterocycles. The second-order valence-electron chi connectivity index (χ2n) is 6.37. The lowest BCUT2D eigenvalue weighted by molar-refractivity contribution is 0.133. The molecule has 1 aliphatic heterocycles. The second kappa shape index (κ2) is 7.36. The van der Waals surface area contributed by atoms with E-state index in [0.29, 0.717) is 0 Å². The number of carbonyl (C=O) groups excluding carboxylic acids is 1. The van der Waals surface area contributed by atoms with Gasteiger partial charge >= 0.3 is 6.03 Å². The first-order chi connectivity index (χ1) is 11.5. The van der Waals surface area contributed by atoms with E-state index in [2.05, 4.69) is 32.1 Å². The molecule has 0 aromatic carbocycles. The van der Waals surface area contributed by atoms with Crippen LogP contribution in [0.25, 0.3) is 0 Å². The fraction of sp³-hybridized carbons (Fsp3) is 0.529. The molecule has 0 spiro atoms. The molecule has 2 amide bonds. The molecule has 3 heterocycles. The third-order valence-corrected chi connectivity index (χ3v) is 5.46. The van der Waals surface area contributed by atoms with Gasteiger partial charge in [-0.1, -0.05) is 0 Å². The van der Waals surface area contributed by atoms with Crippen LogP contribution in [0.1, 0.15) is 29.8 Å². The highest BCUT2D eigenvalue weighted by Crippen LogP contribution is 2.17. The fourth-order valence-electron chi connectivity index (χ4n) is 3.04. The minimum atomic E-state index is -0.0324. The summed E-state index contributed by atoms with van der Waals surface area (Å²) < 4.78 is 1.83. The molecule has 1 N–H and O–H groups in total. The molecule has 3 rings (SSSR count). The zero-order chi connectivity index (χ0) is 17.1. The smallest absolute Gasteiger partial charge is 0.317 e. The van der Waals surface area contributed by atoms with E-state index in [0.717, 1.165) is 44.0 Å². The minimum Gasteiger partial charge on any atom is -0.331 e. The van der Waals surface area contributed by atoms with Crippen LogP contribution >= 0.6 is 11.3 Å². The Kier molecular flexibility index (Phi) is 5.20. The Morgan fingerprint density at radius 1 is 1.38 bits per heavy atom. The first kappa shape index (κ1) is 17.0. The maximum atomic E-state index is 12.5. The van der Waals surface area contributed by atoms with Gasteiger partial charge in [0.2, 0.25) is 0 Å². The van der Waals surface area contributed by atoms with Gasteiger partial charge < -0.3 is 10.2 Å². The number of nitrogens with one attached hydrogen (secondary N) is 1. The molecule has 1 unspecified atom stereocenters. The number of aryl methyl sites for hydroxylation is 1. The SMILES string of the molecule is Cc1c(C(C)NC(=O)N2CCN(Cc3ccsc3)CC2)cnn1C. The van der Waals surface area contributed by atoms with Crippen LogP contribution in [0.15, 0.2) is 23.0 Å². The maximum absolute atomic E-state index is 12.5. The Labute approximate surface area is 147 Å². The molecule has 1 atom stereocenters. The summed E-state index contributed by atoms with van der Waals surface area (Å²) in [5.74, 6) is 0. The normalized spacial score (nSPS) is 17.0. The van der Waals surface area contributed by atoms with Gasteiger partial charge in [-0.05, 0) is 36.2 Å². The summed E-state index contributed by atoms with van der Waals surface area (Å²) in [4.78, 5) is 16.8. The van der Waals surface area contributed by atoms with Crippen molar-refractivity contribution in [3.8, 4) is 0 Å². The quantitative estimate of drug-likeness (QED) is 0.924. The molecule has 0 radical (unpaired) electrons. The molecule has 1 fully saturated rings. The van der Waals surface area contributed by atoms with Gasteiger partial charge in [0.05, 0.1) is 12.2 Å². The minimum absolute atomic E-state index is 0.0148. The Morgan fingerprint density at radius 2 is 2.12 bits per heavy atom. The highest BCUT2D eigenvalue weighted by atomic mass is 32.1. The summed E-state index contributed by atoms with van der Waals surface area (Å²) in [6, 6.07) is 2.15. The lowest BCUT2D eigenvalue weighted by Gasteiger charge is -2.35. The van der Waals surface area contributed by atoms with Crippen molar-refractivity contribution in [1.82, 2.24) is 24.9 Å². The molecule has 6 nitrogen and oxygen atoms in total. The molecule has 0 bridgehead atoms. The third kappa shape index (κ3) is 3.79. The van der Waals surface area contributed by atoms with Crippen LogP contribution < -0.4 is 5.32 Å². The van der Waals surface area contributed by atoms with E-state index in [4.69, 9.17) is 0 Å². The number of amides is 2. The van der Waals surface area contributed by atoms with E-state index >= 15 is 0 Å². The molecule has 0 saturated carbocycles. The first-order valence-electron chi connectivity index (χ1n) is 8.32. The summed E-state index contributed by atoms with van der Waals surface area (Å²) in [6.07, 6.45) is 1.83. The monoisotopic (exact) mass is 347 g/mol. The van der Waals surface area contributed by atoms with Crippen molar-refractivity contribution in [2.75, 3.05) is 26.2 Å². The van der Waals surface area contributed by atoms with Crippen LogP contribution in [-0.2, 0) is 13.6 Å². The predicted molar refractivity (Wildman–Crippen MR) is 96.1 cm³/mol. The van der Waals surface area contributed by atoms with E-state index in [1.54, 1.807) is 11.3 Å². The van der Waals surface area contributed by atoms with Gasteiger partial charge in [0.25, 0.3) is 0 Å². The van der Waals surface area contributed by atoms with E-state index in [9.17, 15) is 4.79 Å². The Morgan fingerprint density at radius 3 is 2.71 bits per heavy atom. The van der Waals surface area contributed by atoms with Gasteiger partial charge in [-0.2, -0.15) is 16.4 Å². The van der Waals surface area contributed by atoms with Crippen LogP contribution in [0.5, 0.6) is 0 Å². The Bertz CT molecular complexity index is 673. The van der Waals surface area contributed by atoms with Gasteiger partial charge in [-0.25, -0.2) is 4.79 Å². The zero-order valence-electron chi connectivity index (χ0n) is 14.5. The molecule has 24 heavy (non-hydrogen) atoms. The van der Waals surface area contributed by atoms with Gasteiger partial charge in [0.15, 0.2) is 0 Å². The number of urea groups is 1. The molecule has 2 aromatic rings. The van der Waals surface area contributed by atoms with Crippen molar-refractivity contribution in [3.05, 3.63) is 39.8 Å². The standard InChI is InChI=1S/C17H25N5OS/c1-13(16-10-18-20(3)14(16)2)19-17(23)22-7-5-21(6-8-22)11-15-4-9-24-12-15/h4,9-10,12-13H,5-8,11H2,1-3H3,(H,19,23). The van der Waals surface area contributed by atoms with Crippen molar-refractivity contribution < 1.29 is 4.79 Å². The van der Waals surface area contributed by atoms with E-state index in [1.165, 1.54) is 5.56 Å². The topological polar surface area (TPSA) is 53.4 Å². The summed E-state index contributed by atoms with van der Waals surface area (Å²) in [5, 5.41) is 11.6. The number of aromatic nitrogens is 2. The van der Waals surface area contributed by atoms with Gasteiger partial charge in [-0.3, -0.25) is 9.58 Å². The average molecular weight is 347 g/mol. The molecule has 7 heteroatoms. The number of thiophene rings is 1.